The Morgan fingerprint density at radius 1 is 0.364 bits per heavy atom. The molecule has 0 radical (unpaired) electrons. The van der Waals surface area contributed by atoms with Gasteiger partial charge in [-0.1, -0.05) is 97.1 Å². The predicted molar refractivity (Wildman–Crippen MR) is 224 cm³/mol. The highest BCUT2D eigenvalue weighted by atomic mass is 15.0. The first kappa shape index (κ1) is 30.7. The molecule has 0 atom stereocenters. The number of nitrogens with zero attached hydrogens (tertiary/aromatic N) is 5. The van der Waals surface area contributed by atoms with Crippen molar-refractivity contribution in [3.8, 4) is 40.3 Å². The molecule has 5 heteroatoms. The third kappa shape index (κ3) is 4.39. The highest BCUT2D eigenvalue weighted by Crippen LogP contribution is 2.41. The lowest BCUT2D eigenvalue weighted by molar-refractivity contribution is 1.16. The summed E-state index contributed by atoms with van der Waals surface area (Å²) >= 11 is 0. The summed E-state index contributed by atoms with van der Waals surface area (Å²) < 4.78 is 6.96. The summed E-state index contributed by atoms with van der Waals surface area (Å²) in [5, 5.41) is 27.0. The Morgan fingerprint density at radius 2 is 0.873 bits per heavy atom. The van der Waals surface area contributed by atoms with Crippen molar-refractivity contribution < 1.29 is 0 Å². The average molecular weight is 700 g/mol. The first-order chi connectivity index (χ1) is 27.2. The van der Waals surface area contributed by atoms with E-state index in [0.29, 0.717) is 11.1 Å². The van der Waals surface area contributed by atoms with Gasteiger partial charge in [0, 0.05) is 43.6 Å². The Labute approximate surface area is 316 Å². The van der Waals surface area contributed by atoms with Crippen molar-refractivity contribution in [2.75, 3.05) is 0 Å². The van der Waals surface area contributed by atoms with Gasteiger partial charge in [0.2, 0.25) is 0 Å². The van der Waals surface area contributed by atoms with E-state index in [-0.39, 0.29) is 0 Å². The van der Waals surface area contributed by atoms with Crippen LogP contribution in [0.25, 0.3) is 93.6 Å². The van der Waals surface area contributed by atoms with Gasteiger partial charge >= 0.3 is 0 Å². The van der Waals surface area contributed by atoms with E-state index in [9.17, 15) is 10.5 Å². The molecule has 11 rings (SSSR count). The molecule has 3 heterocycles. The number of benzene rings is 8. The summed E-state index contributed by atoms with van der Waals surface area (Å²) in [5.41, 5.74) is 12.8. The molecule has 0 spiro atoms. The van der Waals surface area contributed by atoms with Crippen LogP contribution in [0.1, 0.15) is 11.1 Å². The van der Waals surface area contributed by atoms with Crippen molar-refractivity contribution in [1.29, 1.82) is 10.5 Å². The largest absolute Gasteiger partial charge is 0.309 e. The van der Waals surface area contributed by atoms with E-state index in [1.54, 1.807) is 0 Å². The molecule has 5 nitrogen and oxygen atoms in total. The van der Waals surface area contributed by atoms with Crippen LogP contribution in [0, 0.1) is 22.7 Å². The van der Waals surface area contributed by atoms with Crippen molar-refractivity contribution >= 4 is 65.4 Å². The maximum Gasteiger partial charge on any atom is 0.0998 e. The van der Waals surface area contributed by atoms with E-state index in [1.165, 1.54) is 10.8 Å². The lowest BCUT2D eigenvalue weighted by Gasteiger charge is -2.16. The molecule has 0 unspecified atom stereocenters. The van der Waals surface area contributed by atoms with Crippen LogP contribution < -0.4 is 0 Å². The number of rotatable bonds is 4. The van der Waals surface area contributed by atoms with Crippen LogP contribution in [0.5, 0.6) is 0 Å². The van der Waals surface area contributed by atoms with Crippen LogP contribution in [-0.4, -0.2) is 13.7 Å². The molecule has 0 saturated heterocycles. The molecule has 55 heavy (non-hydrogen) atoms. The van der Waals surface area contributed by atoms with Crippen LogP contribution in [0.3, 0.4) is 0 Å². The number of hydrogen-bond acceptors (Lipinski definition) is 2. The molecule has 254 valence electrons. The van der Waals surface area contributed by atoms with Gasteiger partial charge in [-0.15, -0.1) is 0 Å². The van der Waals surface area contributed by atoms with Gasteiger partial charge in [0.15, 0.2) is 0 Å². The van der Waals surface area contributed by atoms with Gasteiger partial charge < -0.3 is 13.7 Å². The molecular weight excluding hydrogens is 671 g/mol. The Kier molecular flexibility index (Phi) is 6.61. The fourth-order valence-corrected chi connectivity index (χ4v) is 8.85. The molecule has 8 aromatic carbocycles. The second-order valence-electron chi connectivity index (χ2n) is 13.9. The Bertz CT molecular complexity index is 3400. The topological polar surface area (TPSA) is 62.4 Å². The molecular formula is C50H29N5. The van der Waals surface area contributed by atoms with Crippen LogP contribution in [-0.2, 0) is 0 Å². The van der Waals surface area contributed by atoms with Crippen LogP contribution in [0.2, 0.25) is 0 Å². The first-order valence-electron chi connectivity index (χ1n) is 18.3. The van der Waals surface area contributed by atoms with E-state index in [1.807, 2.05) is 24.3 Å². The van der Waals surface area contributed by atoms with Gasteiger partial charge in [-0.3, -0.25) is 0 Å². The molecule has 0 amide bonds. The minimum Gasteiger partial charge on any atom is -0.309 e. The molecule has 0 aliphatic carbocycles. The number of nitriles is 2. The van der Waals surface area contributed by atoms with Gasteiger partial charge in [0.1, 0.15) is 0 Å². The van der Waals surface area contributed by atoms with E-state index in [4.69, 9.17) is 0 Å². The molecule has 0 saturated carbocycles. The number of para-hydroxylation sites is 4. The summed E-state index contributed by atoms with van der Waals surface area (Å²) in [4.78, 5) is 0. The van der Waals surface area contributed by atoms with Crippen molar-refractivity contribution in [2.45, 2.75) is 0 Å². The lowest BCUT2D eigenvalue weighted by atomic mass is 9.97. The SMILES string of the molecule is N#Cc1ccc2c(c1)c1ccccc1n2-c1cccc2c1c1ccccc1n2-c1ccc(-c2c(C#N)cccc2-n2c3ccccc3c3ccccc32)cc1. The van der Waals surface area contributed by atoms with Crippen LogP contribution >= 0.6 is 0 Å². The molecule has 0 aliphatic heterocycles. The van der Waals surface area contributed by atoms with Crippen LogP contribution in [0.15, 0.2) is 176 Å². The summed E-state index contributed by atoms with van der Waals surface area (Å²) in [7, 11) is 0. The van der Waals surface area contributed by atoms with Crippen LogP contribution in [0.4, 0.5) is 0 Å². The fourth-order valence-electron chi connectivity index (χ4n) is 8.85. The van der Waals surface area contributed by atoms with E-state index >= 15 is 0 Å². The quantitative estimate of drug-likeness (QED) is 0.184. The molecule has 0 aliphatic rings. The second-order valence-corrected chi connectivity index (χ2v) is 13.9. The van der Waals surface area contributed by atoms with Gasteiger partial charge in [0.05, 0.1) is 67.7 Å². The minimum absolute atomic E-state index is 0.627. The zero-order valence-electron chi connectivity index (χ0n) is 29.5. The van der Waals surface area contributed by atoms with Gasteiger partial charge in [-0.25, -0.2) is 0 Å². The van der Waals surface area contributed by atoms with Gasteiger partial charge in [-0.05, 0) is 84.4 Å². The molecule has 0 N–H and O–H groups in total. The smallest absolute Gasteiger partial charge is 0.0998 e. The minimum atomic E-state index is 0.627. The normalized spacial score (nSPS) is 11.6. The first-order valence-corrected chi connectivity index (χ1v) is 18.3. The van der Waals surface area contributed by atoms with E-state index in [2.05, 4.69) is 177 Å². The average Bonchev–Trinajstić information content (AvgIpc) is 3.89. The predicted octanol–water partition coefficient (Wildman–Crippen LogP) is 12.4. The number of aromatic nitrogens is 3. The number of hydrogen-bond donors (Lipinski definition) is 0. The summed E-state index contributed by atoms with van der Waals surface area (Å²) in [5.74, 6) is 0. The Morgan fingerprint density at radius 3 is 1.51 bits per heavy atom. The summed E-state index contributed by atoms with van der Waals surface area (Å²) in [6.45, 7) is 0. The Balaban J connectivity index is 1.12. The zero-order valence-corrected chi connectivity index (χ0v) is 29.5. The molecule has 0 fully saturated rings. The van der Waals surface area contributed by atoms with Gasteiger partial charge in [-0.2, -0.15) is 10.5 Å². The summed E-state index contributed by atoms with van der Waals surface area (Å²) in [6, 6.07) is 65.9. The summed E-state index contributed by atoms with van der Waals surface area (Å²) in [6.07, 6.45) is 0. The van der Waals surface area contributed by atoms with E-state index in [0.717, 1.165) is 82.8 Å². The van der Waals surface area contributed by atoms with Crippen molar-refractivity contribution in [3.05, 3.63) is 187 Å². The maximum atomic E-state index is 10.5. The molecule has 11 aromatic rings. The highest BCUT2D eigenvalue weighted by Gasteiger charge is 2.21. The Hall–Kier alpha value is -7.86. The van der Waals surface area contributed by atoms with Crippen molar-refractivity contribution in [3.63, 3.8) is 0 Å². The maximum absolute atomic E-state index is 10.5. The fraction of sp³-hybridized carbons (Fsp3) is 0. The van der Waals surface area contributed by atoms with Crippen molar-refractivity contribution in [2.24, 2.45) is 0 Å². The second kappa shape index (κ2) is 11.8. The molecule has 3 aromatic heterocycles. The standard InChI is InChI=1S/C50H29N5/c51-30-32-23-28-45-40(29-32)38-14-3-7-18-43(38)55(45)48-22-10-21-47-50(48)39-15-4-8-19-44(39)53(47)35-26-24-33(25-27-35)49-34(31-52)11-9-20-46(49)54-41-16-5-1-12-36(41)37-13-2-6-17-42(37)54/h1-29H. The van der Waals surface area contributed by atoms with E-state index < -0.39 is 0 Å². The number of fused-ring (bicyclic) bond motifs is 9. The third-order valence-electron chi connectivity index (χ3n) is 11.1. The van der Waals surface area contributed by atoms with Gasteiger partial charge in [0.25, 0.3) is 0 Å². The zero-order chi connectivity index (χ0) is 36.6. The third-order valence-corrected chi connectivity index (χ3v) is 11.1. The van der Waals surface area contributed by atoms with Crippen molar-refractivity contribution in [1.82, 2.24) is 13.7 Å². The highest BCUT2D eigenvalue weighted by molar-refractivity contribution is 6.16. The lowest BCUT2D eigenvalue weighted by Crippen LogP contribution is -2.00. The monoisotopic (exact) mass is 699 g/mol. The molecule has 0 bridgehead atoms.